The SMILES string of the molecule is CCNC(=O)N1CCN(C(=O)/C=C/c2ccc(Br)s2)CC1. The first kappa shape index (κ1) is 16.0. The van der Waals surface area contributed by atoms with Crippen molar-refractivity contribution in [2.75, 3.05) is 32.7 Å². The Morgan fingerprint density at radius 2 is 1.95 bits per heavy atom. The molecule has 1 aromatic rings. The molecule has 0 saturated carbocycles. The van der Waals surface area contributed by atoms with Gasteiger partial charge in [-0.1, -0.05) is 0 Å². The topological polar surface area (TPSA) is 52.7 Å². The summed E-state index contributed by atoms with van der Waals surface area (Å²) in [4.78, 5) is 28.3. The van der Waals surface area contributed by atoms with E-state index in [0.717, 1.165) is 8.66 Å². The van der Waals surface area contributed by atoms with E-state index < -0.39 is 0 Å². The smallest absolute Gasteiger partial charge is 0.317 e. The van der Waals surface area contributed by atoms with Gasteiger partial charge in [0.2, 0.25) is 5.91 Å². The van der Waals surface area contributed by atoms with Crippen molar-refractivity contribution in [2.45, 2.75) is 6.92 Å². The second-order valence-corrected chi connectivity index (χ2v) is 7.12. The molecule has 0 unspecified atom stereocenters. The van der Waals surface area contributed by atoms with Gasteiger partial charge in [-0.05, 0) is 41.1 Å². The molecule has 7 heteroatoms. The molecule has 1 saturated heterocycles. The van der Waals surface area contributed by atoms with Gasteiger partial charge in [0.25, 0.3) is 0 Å². The average molecular weight is 372 g/mol. The van der Waals surface area contributed by atoms with Crippen molar-refractivity contribution in [2.24, 2.45) is 0 Å². The maximum Gasteiger partial charge on any atom is 0.317 e. The molecule has 1 N–H and O–H groups in total. The molecule has 2 rings (SSSR count). The minimum absolute atomic E-state index is 0.00456. The zero-order valence-corrected chi connectivity index (χ0v) is 14.2. The van der Waals surface area contributed by atoms with E-state index in [4.69, 9.17) is 0 Å². The molecule has 1 aliphatic rings. The highest BCUT2D eigenvalue weighted by molar-refractivity contribution is 9.11. The van der Waals surface area contributed by atoms with Crippen LogP contribution >= 0.6 is 27.3 Å². The summed E-state index contributed by atoms with van der Waals surface area (Å²) >= 11 is 4.98. The molecule has 1 aliphatic heterocycles. The molecule has 3 amide bonds. The second-order valence-electron chi connectivity index (χ2n) is 4.62. The van der Waals surface area contributed by atoms with Gasteiger partial charge in [0.05, 0.1) is 3.79 Å². The average Bonchev–Trinajstić information content (AvgIpc) is 2.91. The van der Waals surface area contributed by atoms with Crippen LogP contribution in [0.15, 0.2) is 22.0 Å². The summed E-state index contributed by atoms with van der Waals surface area (Å²) in [5.74, 6) is -0.00456. The van der Waals surface area contributed by atoms with Crippen molar-refractivity contribution < 1.29 is 9.59 Å². The molecule has 21 heavy (non-hydrogen) atoms. The number of hydrogen-bond donors (Lipinski definition) is 1. The fourth-order valence-electron chi connectivity index (χ4n) is 2.07. The lowest BCUT2D eigenvalue weighted by Gasteiger charge is -2.34. The molecule has 2 heterocycles. The maximum atomic E-state index is 12.1. The number of halogens is 1. The number of rotatable bonds is 3. The summed E-state index contributed by atoms with van der Waals surface area (Å²) in [6, 6.07) is 3.87. The van der Waals surface area contributed by atoms with Crippen LogP contribution in [0.25, 0.3) is 6.08 Å². The Hall–Kier alpha value is -1.34. The summed E-state index contributed by atoms with van der Waals surface area (Å²) in [5, 5.41) is 2.77. The molecule has 0 atom stereocenters. The van der Waals surface area contributed by atoms with E-state index in [0.29, 0.717) is 32.7 Å². The largest absolute Gasteiger partial charge is 0.338 e. The first-order valence-corrected chi connectivity index (χ1v) is 8.46. The first-order chi connectivity index (χ1) is 10.1. The number of carbonyl (C=O) groups is 2. The summed E-state index contributed by atoms with van der Waals surface area (Å²) in [6.45, 7) is 4.83. The third-order valence-electron chi connectivity index (χ3n) is 3.19. The van der Waals surface area contributed by atoms with Crippen molar-refractivity contribution in [3.8, 4) is 0 Å². The van der Waals surface area contributed by atoms with E-state index in [1.165, 1.54) is 0 Å². The molecule has 0 bridgehead atoms. The summed E-state index contributed by atoms with van der Waals surface area (Å²) in [6.07, 6.45) is 3.42. The van der Waals surface area contributed by atoms with Crippen molar-refractivity contribution in [1.29, 1.82) is 0 Å². The van der Waals surface area contributed by atoms with Crippen LogP contribution in [-0.4, -0.2) is 54.5 Å². The molecule has 1 aromatic heterocycles. The van der Waals surface area contributed by atoms with Gasteiger partial charge in [0, 0.05) is 43.7 Å². The number of urea groups is 1. The Morgan fingerprint density at radius 3 is 2.52 bits per heavy atom. The summed E-state index contributed by atoms with van der Waals surface area (Å²) in [7, 11) is 0. The third kappa shape index (κ3) is 4.57. The van der Waals surface area contributed by atoms with Crippen molar-refractivity contribution in [1.82, 2.24) is 15.1 Å². The minimum Gasteiger partial charge on any atom is -0.338 e. The standard InChI is InChI=1S/C14H18BrN3O2S/c1-2-16-14(20)18-9-7-17(8-10-18)13(19)6-4-11-3-5-12(15)21-11/h3-6H,2,7-10H2,1H3,(H,16,20)/b6-4+. The Balaban J connectivity index is 1.83. The highest BCUT2D eigenvalue weighted by atomic mass is 79.9. The zero-order valence-electron chi connectivity index (χ0n) is 11.8. The van der Waals surface area contributed by atoms with E-state index in [2.05, 4.69) is 21.2 Å². The predicted molar refractivity (Wildman–Crippen MR) is 88.3 cm³/mol. The molecule has 5 nitrogen and oxygen atoms in total. The Bertz CT molecular complexity index is 536. The Labute approximate surface area is 136 Å². The van der Waals surface area contributed by atoms with Gasteiger partial charge in [-0.3, -0.25) is 4.79 Å². The lowest BCUT2D eigenvalue weighted by molar-refractivity contribution is -0.127. The third-order valence-corrected chi connectivity index (χ3v) is 4.78. The van der Waals surface area contributed by atoms with E-state index in [1.807, 2.05) is 25.1 Å². The van der Waals surface area contributed by atoms with Gasteiger partial charge in [-0.2, -0.15) is 0 Å². The van der Waals surface area contributed by atoms with Crippen LogP contribution in [0.4, 0.5) is 4.79 Å². The Kier molecular flexibility index (Phi) is 5.81. The van der Waals surface area contributed by atoms with Crippen molar-refractivity contribution >= 4 is 45.3 Å². The lowest BCUT2D eigenvalue weighted by Crippen LogP contribution is -2.52. The summed E-state index contributed by atoms with van der Waals surface area (Å²) in [5.41, 5.74) is 0. The van der Waals surface area contributed by atoms with E-state index in [9.17, 15) is 9.59 Å². The van der Waals surface area contributed by atoms with Crippen LogP contribution in [0.3, 0.4) is 0 Å². The minimum atomic E-state index is -0.0522. The highest BCUT2D eigenvalue weighted by Gasteiger charge is 2.22. The van der Waals surface area contributed by atoms with Crippen LogP contribution in [0.5, 0.6) is 0 Å². The molecule has 1 fully saturated rings. The van der Waals surface area contributed by atoms with Crippen LogP contribution in [0.1, 0.15) is 11.8 Å². The van der Waals surface area contributed by atoms with Gasteiger partial charge >= 0.3 is 6.03 Å². The van der Waals surface area contributed by atoms with E-state index >= 15 is 0 Å². The number of nitrogens with zero attached hydrogens (tertiary/aromatic N) is 2. The number of thiophene rings is 1. The Morgan fingerprint density at radius 1 is 1.29 bits per heavy atom. The molecule has 0 aliphatic carbocycles. The normalized spacial score (nSPS) is 15.5. The van der Waals surface area contributed by atoms with Gasteiger partial charge < -0.3 is 15.1 Å². The highest BCUT2D eigenvalue weighted by Crippen LogP contribution is 2.23. The molecular formula is C14H18BrN3O2S. The molecule has 114 valence electrons. The molecule has 0 aromatic carbocycles. The van der Waals surface area contributed by atoms with Gasteiger partial charge in [-0.25, -0.2) is 4.79 Å². The summed E-state index contributed by atoms with van der Waals surface area (Å²) < 4.78 is 1.05. The number of nitrogens with one attached hydrogen (secondary N) is 1. The quantitative estimate of drug-likeness (QED) is 0.829. The fraction of sp³-hybridized carbons (Fsp3) is 0.429. The number of carbonyl (C=O) groups excluding carboxylic acids is 2. The van der Waals surface area contributed by atoms with Crippen molar-refractivity contribution in [3.63, 3.8) is 0 Å². The monoisotopic (exact) mass is 371 g/mol. The first-order valence-electron chi connectivity index (χ1n) is 6.85. The van der Waals surface area contributed by atoms with Crippen LogP contribution in [0, 0.1) is 0 Å². The second kappa shape index (κ2) is 7.61. The van der Waals surface area contributed by atoms with E-state index in [1.54, 1.807) is 27.2 Å². The molecule has 0 spiro atoms. The molecular weight excluding hydrogens is 354 g/mol. The maximum absolute atomic E-state index is 12.1. The molecule has 0 radical (unpaired) electrons. The number of amides is 3. The number of hydrogen-bond acceptors (Lipinski definition) is 3. The predicted octanol–water partition coefficient (Wildman–Crippen LogP) is 2.40. The van der Waals surface area contributed by atoms with Gasteiger partial charge in [0.15, 0.2) is 0 Å². The zero-order chi connectivity index (χ0) is 15.2. The van der Waals surface area contributed by atoms with Gasteiger partial charge in [0.1, 0.15) is 0 Å². The van der Waals surface area contributed by atoms with Crippen LogP contribution in [-0.2, 0) is 4.79 Å². The van der Waals surface area contributed by atoms with Crippen LogP contribution < -0.4 is 5.32 Å². The van der Waals surface area contributed by atoms with Crippen LogP contribution in [0.2, 0.25) is 0 Å². The van der Waals surface area contributed by atoms with Crippen molar-refractivity contribution in [3.05, 3.63) is 26.9 Å². The lowest BCUT2D eigenvalue weighted by atomic mass is 10.3. The van der Waals surface area contributed by atoms with Gasteiger partial charge in [-0.15, -0.1) is 11.3 Å². The number of piperazine rings is 1. The fourth-order valence-corrected chi connectivity index (χ4v) is 3.40. The van der Waals surface area contributed by atoms with E-state index in [-0.39, 0.29) is 11.9 Å².